The topological polar surface area (TPSA) is 97.4 Å². The number of methoxy groups -OCH3 is 1. The van der Waals surface area contributed by atoms with Crippen molar-refractivity contribution in [1.29, 1.82) is 0 Å². The van der Waals surface area contributed by atoms with Gasteiger partial charge in [0.2, 0.25) is 0 Å². The largest absolute Gasteiger partial charge is 0.469 e. The van der Waals surface area contributed by atoms with Gasteiger partial charge in [0.05, 0.1) is 13.2 Å². The molecule has 0 bridgehead atoms. The van der Waals surface area contributed by atoms with Crippen molar-refractivity contribution < 1.29 is 38.1 Å². The van der Waals surface area contributed by atoms with Crippen LogP contribution in [0.15, 0.2) is 35.5 Å². The Morgan fingerprint density at radius 3 is 2.53 bits per heavy atom. The van der Waals surface area contributed by atoms with E-state index >= 15 is 0 Å². The van der Waals surface area contributed by atoms with Crippen LogP contribution in [-0.4, -0.2) is 56.2 Å². The summed E-state index contributed by atoms with van der Waals surface area (Å²) in [6, 6.07) is 0. The van der Waals surface area contributed by atoms with Gasteiger partial charge < -0.3 is 23.7 Å². The fourth-order valence-corrected chi connectivity index (χ4v) is 9.84. The van der Waals surface area contributed by atoms with Crippen LogP contribution in [0.2, 0.25) is 0 Å². The number of esters is 3. The molecule has 1 aliphatic heterocycles. The summed E-state index contributed by atoms with van der Waals surface area (Å²) in [6.07, 6.45) is 18.4. The third-order valence-corrected chi connectivity index (χ3v) is 12.1. The van der Waals surface area contributed by atoms with Crippen molar-refractivity contribution in [3.8, 4) is 0 Å². The molecule has 3 saturated carbocycles. The molecule has 5 rings (SSSR count). The molecule has 0 radical (unpaired) electrons. The quantitative estimate of drug-likeness (QED) is 0.111. The summed E-state index contributed by atoms with van der Waals surface area (Å²) in [5.41, 5.74) is 3.63. The lowest BCUT2D eigenvalue weighted by Gasteiger charge is -2.58. The second kappa shape index (κ2) is 14.1. The molecular weight excluding hydrogens is 572 g/mol. The van der Waals surface area contributed by atoms with Crippen LogP contribution in [0.4, 0.5) is 0 Å². The molecule has 45 heavy (non-hydrogen) atoms. The molecule has 2 unspecified atom stereocenters. The number of hydrogen-bond acceptors (Lipinski definition) is 8. The number of rotatable bonds is 10. The Morgan fingerprint density at radius 2 is 1.80 bits per heavy atom. The monoisotopic (exact) mass is 626 g/mol. The number of carbonyl (C=O) groups is 3. The Balaban J connectivity index is 1.21. The number of hydrogen-bond donors (Lipinski definition) is 0. The molecule has 0 aromatic rings. The van der Waals surface area contributed by atoms with Gasteiger partial charge in [0.25, 0.3) is 0 Å². The third-order valence-electron chi connectivity index (χ3n) is 12.1. The van der Waals surface area contributed by atoms with E-state index < -0.39 is 30.4 Å². The second-order valence-corrected chi connectivity index (χ2v) is 14.7. The van der Waals surface area contributed by atoms with Crippen molar-refractivity contribution in [3.63, 3.8) is 0 Å². The Hall–Kier alpha value is -2.45. The molecule has 0 amide bonds. The number of allylic oxidation sites excluding steroid dienone is 3. The summed E-state index contributed by atoms with van der Waals surface area (Å²) in [5, 5.41) is 0. The van der Waals surface area contributed by atoms with E-state index in [1.54, 1.807) is 11.6 Å². The highest BCUT2D eigenvalue weighted by Crippen LogP contribution is 2.67. The Morgan fingerprint density at radius 1 is 1.00 bits per heavy atom. The van der Waals surface area contributed by atoms with Crippen LogP contribution in [0.5, 0.6) is 0 Å². The van der Waals surface area contributed by atoms with E-state index in [2.05, 4.69) is 32.9 Å². The van der Waals surface area contributed by atoms with Crippen molar-refractivity contribution in [2.24, 2.45) is 34.5 Å². The van der Waals surface area contributed by atoms with Gasteiger partial charge in [-0.15, -0.1) is 0 Å². The Labute approximate surface area is 269 Å². The summed E-state index contributed by atoms with van der Waals surface area (Å²) in [5.74, 6) is 1.90. The van der Waals surface area contributed by atoms with Crippen molar-refractivity contribution in [1.82, 2.24) is 0 Å². The maximum Gasteiger partial charge on any atom is 0.305 e. The number of ether oxygens (including phenoxy) is 5. The van der Waals surface area contributed by atoms with E-state index in [1.165, 1.54) is 52.2 Å². The highest BCUT2D eigenvalue weighted by atomic mass is 16.7. The van der Waals surface area contributed by atoms with E-state index in [0.717, 1.165) is 50.4 Å². The minimum Gasteiger partial charge on any atom is -0.469 e. The highest BCUT2D eigenvalue weighted by Gasteiger charge is 2.58. The van der Waals surface area contributed by atoms with Crippen molar-refractivity contribution in [3.05, 3.63) is 35.5 Å². The van der Waals surface area contributed by atoms with E-state index in [-0.39, 0.29) is 24.1 Å². The van der Waals surface area contributed by atoms with E-state index in [9.17, 15) is 14.4 Å². The third kappa shape index (κ3) is 7.27. The van der Waals surface area contributed by atoms with Crippen LogP contribution in [0.3, 0.4) is 0 Å². The zero-order valence-electron chi connectivity index (χ0n) is 28.2. The molecule has 0 aromatic heterocycles. The highest BCUT2D eigenvalue weighted by molar-refractivity contribution is 5.69. The van der Waals surface area contributed by atoms with Gasteiger partial charge in [-0.25, -0.2) is 0 Å². The molecule has 8 heteroatoms. The van der Waals surface area contributed by atoms with E-state index in [1.807, 2.05) is 6.08 Å². The molecule has 250 valence electrons. The van der Waals surface area contributed by atoms with Crippen molar-refractivity contribution >= 4 is 17.9 Å². The molecule has 0 saturated heterocycles. The molecule has 0 spiro atoms. The summed E-state index contributed by atoms with van der Waals surface area (Å²) in [7, 11) is 1.46. The lowest BCUT2D eigenvalue weighted by molar-refractivity contribution is -0.213. The predicted molar refractivity (Wildman–Crippen MR) is 170 cm³/mol. The van der Waals surface area contributed by atoms with Gasteiger partial charge in [-0.3, -0.25) is 14.4 Å². The smallest absolute Gasteiger partial charge is 0.305 e. The number of unbranched alkanes of at least 4 members (excludes halogenated alkanes) is 1. The van der Waals surface area contributed by atoms with Gasteiger partial charge in [0.1, 0.15) is 18.8 Å². The maximum absolute atomic E-state index is 11.6. The molecular formula is C37H54O8. The van der Waals surface area contributed by atoms with Gasteiger partial charge in [0, 0.05) is 20.3 Å². The molecule has 10 atom stereocenters. The van der Waals surface area contributed by atoms with Crippen LogP contribution in [-0.2, 0) is 38.1 Å². The first-order valence-corrected chi connectivity index (χ1v) is 17.2. The molecule has 3 fully saturated rings. The summed E-state index contributed by atoms with van der Waals surface area (Å²) < 4.78 is 28.0. The Kier molecular flexibility index (Phi) is 10.6. The first-order chi connectivity index (χ1) is 21.4. The zero-order chi connectivity index (χ0) is 32.4. The van der Waals surface area contributed by atoms with Gasteiger partial charge in [0.15, 0.2) is 6.29 Å². The lowest BCUT2D eigenvalue weighted by Crippen LogP contribution is -2.51. The molecule has 0 aromatic carbocycles. The summed E-state index contributed by atoms with van der Waals surface area (Å²) in [4.78, 5) is 34.5. The molecule has 4 aliphatic carbocycles. The van der Waals surface area contributed by atoms with Crippen LogP contribution < -0.4 is 0 Å². The van der Waals surface area contributed by atoms with E-state index in [0.29, 0.717) is 23.7 Å². The fourth-order valence-electron chi connectivity index (χ4n) is 9.84. The van der Waals surface area contributed by atoms with Gasteiger partial charge in [-0.05, 0) is 118 Å². The fraction of sp³-hybridized carbons (Fsp3) is 0.757. The summed E-state index contributed by atoms with van der Waals surface area (Å²) >= 11 is 0. The SMILES string of the molecule is COC(=O)CCC/C=C(\C)[C@H]1CCC2[C@@H]3CC=C4C[C@@H](O[C@@H]5C=C[C@H](OC(C)=O)[C@@H](COC(C)=O)O5)CC[C@]4(C)C3CC[C@@]21C. The average Bonchev–Trinajstić information content (AvgIpc) is 3.36. The zero-order valence-corrected chi connectivity index (χ0v) is 28.2. The standard InChI is InChI=1S/C37H54O8/c1-23(9-7-8-10-34(40)41-6)29-13-14-30-28-12-11-26-21-27(17-19-36(26,4)31(28)18-20-37(29,30)5)44-35-16-15-32(43-25(3)39)33(45-35)22-42-24(2)38/h9,11,15-16,27-33,35H,7-8,10,12-14,17-22H2,1-6H3/b23-9+/t27-,28-,29+,30?,31?,32-,33+,35-,36-,37+/m0/s1. The van der Waals surface area contributed by atoms with Crippen molar-refractivity contribution in [2.75, 3.05) is 13.7 Å². The first kappa shape index (κ1) is 33.9. The van der Waals surface area contributed by atoms with Crippen LogP contribution >= 0.6 is 0 Å². The van der Waals surface area contributed by atoms with Crippen LogP contribution in [0.1, 0.15) is 105 Å². The molecule has 5 aliphatic rings. The second-order valence-electron chi connectivity index (χ2n) is 14.7. The predicted octanol–water partition coefficient (Wildman–Crippen LogP) is 7.02. The molecule has 0 N–H and O–H groups in total. The van der Waals surface area contributed by atoms with Crippen LogP contribution in [0, 0.1) is 34.5 Å². The summed E-state index contributed by atoms with van der Waals surface area (Å²) in [6.45, 7) is 10.1. The number of fused-ring (bicyclic) bond motifs is 5. The lowest BCUT2D eigenvalue weighted by atomic mass is 9.47. The minimum absolute atomic E-state index is 0.0000934. The molecule has 8 nitrogen and oxygen atoms in total. The average molecular weight is 627 g/mol. The van der Waals surface area contributed by atoms with Gasteiger partial charge in [-0.2, -0.15) is 0 Å². The maximum atomic E-state index is 11.6. The van der Waals surface area contributed by atoms with Crippen molar-refractivity contribution in [2.45, 2.75) is 130 Å². The van der Waals surface area contributed by atoms with Crippen LogP contribution in [0.25, 0.3) is 0 Å². The number of carbonyl (C=O) groups excluding carboxylic acids is 3. The Bertz CT molecular complexity index is 1200. The minimum atomic E-state index is -0.618. The van der Waals surface area contributed by atoms with Gasteiger partial charge >= 0.3 is 17.9 Å². The first-order valence-electron chi connectivity index (χ1n) is 17.2. The molecule has 1 heterocycles. The van der Waals surface area contributed by atoms with Gasteiger partial charge in [-0.1, -0.05) is 37.1 Å². The normalized spacial score (nSPS) is 39.2. The van der Waals surface area contributed by atoms with E-state index in [4.69, 9.17) is 23.7 Å².